The van der Waals surface area contributed by atoms with Gasteiger partial charge in [-0.05, 0) is 29.3 Å². The van der Waals surface area contributed by atoms with E-state index < -0.39 is 0 Å². The Morgan fingerprint density at radius 3 is 2.75 bits per heavy atom. The first-order chi connectivity index (χ1) is 5.86. The third kappa shape index (κ3) is 1.26. The van der Waals surface area contributed by atoms with E-state index in [1.165, 1.54) is 11.1 Å². The van der Waals surface area contributed by atoms with Crippen LogP contribution in [0.3, 0.4) is 0 Å². The maximum Gasteiger partial charge on any atom is 0.0110 e. The second kappa shape index (κ2) is 2.86. The maximum absolute atomic E-state index is 3.06. The third-order valence-electron chi connectivity index (χ3n) is 1.87. The van der Waals surface area contributed by atoms with Gasteiger partial charge in [0.2, 0.25) is 0 Å². The number of rotatable bonds is 1. The summed E-state index contributed by atoms with van der Waals surface area (Å²) in [4.78, 5) is 0. The fourth-order valence-corrected chi connectivity index (χ4v) is 1.25. The summed E-state index contributed by atoms with van der Waals surface area (Å²) in [7, 11) is 2.02. The van der Waals surface area contributed by atoms with Gasteiger partial charge in [-0.3, -0.25) is 0 Å². The van der Waals surface area contributed by atoms with Gasteiger partial charge < -0.3 is 4.57 Å². The molecule has 1 radical (unpaired) electrons. The first-order valence-corrected chi connectivity index (χ1v) is 3.95. The predicted molar refractivity (Wildman–Crippen MR) is 49.7 cm³/mol. The molecule has 2 rings (SSSR count). The van der Waals surface area contributed by atoms with Crippen LogP contribution >= 0.6 is 0 Å². The molecule has 0 unspecified atom stereocenters. The zero-order valence-electron chi connectivity index (χ0n) is 6.99. The summed E-state index contributed by atoms with van der Waals surface area (Å²) >= 11 is 0. The molecule has 1 nitrogen and oxygen atoms in total. The molecule has 1 aromatic heterocycles. The van der Waals surface area contributed by atoms with Crippen molar-refractivity contribution in [2.75, 3.05) is 0 Å². The first-order valence-electron chi connectivity index (χ1n) is 3.95. The predicted octanol–water partition coefficient (Wildman–Crippen LogP) is 2.49. The lowest BCUT2D eigenvalue weighted by Gasteiger charge is -1.94. The van der Waals surface area contributed by atoms with Crippen molar-refractivity contribution in [1.29, 1.82) is 0 Å². The number of aromatic nitrogens is 1. The molecule has 0 saturated heterocycles. The molecule has 0 N–H and O–H groups in total. The molecule has 0 aliphatic heterocycles. The summed E-state index contributed by atoms with van der Waals surface area (Å²) in [5, 5.41) is 0. The molecule has 0 bridgehead atoms. The van der Waals surface area contributed by atoms with Crippen molar-refractivity contribution in [2.45, 2.75) is 0 Å². The maximum atomic E-state index is 3.06. The summed E-state index contributed by atoms with van der Waals surface area (Å²) < 4.78 is 2.04. The zero-order chi connectivity index (χ0) is 8.39. The third-order valence-corrected chi connectivity index (χ3v) is 1.87. The van der Waals surface area contributed by atoms with E-state index in [1.807, 2.05) is 36.0 Å². The molecular formula is C11H10N. The van der Waals surface area contributed by atoms with Gasteiger partial charge in [-0.25, -0.2) is 0 Å². The molecule has 0 aliphatic carbocycles. The Morgan fingerprint density at radius 2 is 2.17 bits per heavy atom. The average molecular weight is 156 g/mol. The Balaban J connectivity index is 2.45. The summed E-state index contributed by atoms with van der Waals surface area (Å²) in [5.74, 6) is 0. The highest BCUT2D eigenvalue weighted by atomic mass is 14.9. The summed E-state index contributed by atoms with van der Waals surface area (Å²) in [5.41, 5.74) is 2.47. The van der Waals surface area contributed by atoms with Crippen LogP contribution in [-0.2, 0) is 7.05 Å². The van der Waals surface area contributed by atoms with Gasteiger partial charge in [-0.2, -0.15) is 0 Å². The van der Waals surface area contributed by atoms with E-state index in [2.05, 4.69) is 24.4 Å². The minimum absolute atomic E-state index is 1.22. The van der Waals surface area contributed by atoms with E-state index >= 15 is 0 Å². The Morgan fingerprint density at radius 1 is 1.25 bits per heavy atom. The van der Waals surface area contributed by atoms with Gasteiger partial charge in [0, 0.05) is 19.4 Å². The van der Waals surface area contributed by atoms with Crippen molar-refractivity contribution < 1.29 is 0 Å². The van der Waals surface area contributed by atoms with E-state index in [9.17, 15) is 0 Å². The second-order valence-corrected chi connectivity index (χ2v) is 2.86. The Kier molecular flexibility index (Phi) is 1.71. The minimum atomic E-state index is 1.22. The zero-order valence-corrected chi connectivity index (χ0v) is 6.99. The highest BCUT2D eigenvalue weighted by molar-refractivity contribution is 5.62. The number of hydrogen-bond donors (Lipinski definition) is 0. The van der Waals surface area contributed by atoms with Crippen LogP contribution in [-0.4, -0.2) is 4.57 Å². The average Bonchev–Trinajstić information content (AvgIpc) is 2.54. The Hall–Kier alpha value is -1.50. The molecule has 59 valence electrons. The normalized spacial score (nSPS) is 10.1. The van der Waals surface area contributed by atoms with Crippen molar-refractivity contribution in [3.63, 3.8) is 0 Å². The Bertz CT molecular complexity index is 360. The molecule has 1 heterocycles. The number of aryl methyl sites for hydroxylation is 1. The lowest BCUT2D eigenvalue weighted by atomic mass is 10.1. The van der Waals surface area contributed by atoms with Crippen molar-refractivity contribution in [2.24, 2.45) is 7.05 Å². The SMILES string of the molecule is Cn1ccc(-c2c[c]ccc2)c1. The van der Waals surface area contributed by atoms with Gasteiger partial charge in [0.15, 0.2) is 0 Å². The van der Waals surface area contributed by atoms with Gasteiger partial charge in [0.05, 0.1) is 0 Å². The molecule has 0 fully saturated rings. The second-order valence-electron chi connectivity index (χ2n) is 2.86. The van der Waals surface area contributed by atoms with Gasteiger partial charge in [-0.1, -0.05) is 18.2 Å². The molecule has 0 spiro atoms. The fourth-order valence-electron chi connectivity index (χ4n) is 1.25. The molecule has 0 aliphatic rings. The minimum Gasteiger partial charge on any atom is -0.357 e. The van der Waals surface area contributed by atoms with E-state index in [1.54, 1.807) is 0 Å². The number of nitrogens with zero attached hydrogens (tertiary/aromatic N) is 1. The largest absolute Gasteiger partial charge is 0.357 e. The van der Waals surface area contributed by atoms with Gasteiger partial charge in [0.25, 0.3) is 0 Å². The first kappa shape index (κ1) is 7.17. The monoisotopic (exact) mass is 156 g/mol. The number of benzene rings is 1. The number of hydrogen-bond acceptors (Lipinski definition) is 0. The van der Waals surface area contributed by atoms with E-state index in [4.69, 9.17) is 0 Å². The van der Waals surface area contributed by atoms with Crippen LogP contribution in [0.5, 0.6) is 0 Å². The van der Waals surface area contributed by atoms with Crippen LogP contribution < -0.4 is 0 Å². The van der Waals surface area contributed by atoms with E-state index in [0.717, 1.165) is 0 Å². The van der Waals surface area contributed by atoms with Gasteiger partial charge in [0.1, 0.15) is 0 Å². The van der Waals surface area contributed by atoms with Crippen LogP contribution in [0.2, 0.25) is 0 Å². The smallest absolute Gasteiger partial charge is 0.0110 e. The molecule has 1 aromatic carbocycles. The molecule has 12 heavy (non-hydrogen) atoms. The molecule has 2 aromatic rings. The highest BCUT2D eigenvalue weighted by Crippen LogP contribution is 2.17. The quantitative estimate of drug-likeness (QED) is 0.597. The summed E-state index contributed by atoms with van der Waals surface area (Å²) in [6.45, 7) is 0. The van der Waals surface area contributed by atoms with Crippen molar-refractivity contribution >= 4 is 0 Å². The lowest BCUT2D eigenvalue weighted by molar-refractivity contribution is 0.928. The molecule has 0 atom stereocenters. The van der Waals surface area contributed by atoms with Crippen LogP contribution in [0, 0.1) is 6.07 Å². The van der Waals surface area contributed by atoms with Gasteiger partial charge >= 0.3 is 0 Å². The lowest BCUT2D eigenvalue weighted by Crippen LogP contribution is -1.78. The van der Waals surface area contributed by atoms with Crippen LogP contribution in [0.25, 0.3) is 11.1 Å². The van der Waals surface area contributed by atoms with Crippen molar-refractivity contribution in [3.8, 4) is 11.1 Å². The summed E-state index contributed by atoms with van der Waals surface area (Å²) in [6, 6.07) is 13.2. The van der Waals surface area contributed by atoms with Crippen molar-refractivity contribution in [3.05, 3.63) is 48.8 Å². The van der Waals surface area contributed by atoms with Crippen LogP contribution in [0.4, 0.5) is 0 Å². The molecular weight excluding hydrogens is 146 g/mol. The van der Waals surface area contributed by atoms with Gasteiger partial charge in [-0.15, -0.1) is 0 Å². The summed E-state index contributed by atoms with van der Waals surface area (Å²) in [6.07, 6.45) is 4.14. The molecule has 0 saturated carbocycles. The van der Waals surface area contributed by atoms with Crippen LogP contribution in [0.1, 0.15) is 0 Å². The standard InChI is InChI=1S/C11H10N/c1-12-8-7-11(9-12)10-5-3-2-4-6-10/h2-3,5-9H,1H3. The fraction of sp³-hybridized carbons (Fsp3) is 0.0909. The highest BCUT2D eigenvalue weighted by Gasteiger charge is 1.95. The topological polar surface area (TPSA) is 4.93 Å². The molecule has 0 amide bonds. The van der Waals surface area contributed by atoms with E-state index in [0.29, 0.717) is 0 Å². The Labute approximate surface area is 72.3 Å². The molecule has 1 heteroatoms. The van der Waals surface area contributed by atoms with E-state index in [-0.39, 0.29) is 0 Å². The van der Waals surface area contributed by atoms with Crippen LogP contribution in [0.15, 0.2) is 42.7 Å². The van der Waals surface area contributed by atoms with Crippen molar-refractivity contribution in [1.82, 2.24) is 4.57 Å².